The molecule has 1 aromatic heterocycles. The second kappa shape index (κ2) is 6.44. The van der Waals surface area contributed by atoms with Gasteiger partial charge in [0.15, 0.2) is 5.76 Å². The molecule has 3 aromatic rings. The van der Waals surface area contributed by atoms with Gasteiger partial charge < -0.3 is 9.52 Å². The van der Waals surface area contributed by atoms with Gasteiger partial charge in [-0.05, 0) is 40.2 Å². The van der Waals surface area contributed by atoms with Crippen molar-refractivity contribution < 1.29 is 14.3 Å². The Morgan fingerprint density at radius 2 is 2.09 bits per heavy atom. The van der Waals surface area contributed by atoms with Crippen LogP contribution >= 0.6 is 27.5 Å². The Hall–Kier alpha value is -2.31. The summed E-state index contributed by atoms with van der Waals surface area (Å²) in [6.07, 6.45) is 1.30. The highest BCUT2D eigenvalue weighted by molar-refractivity contribution is 9.10. The second-order valence-corrected chi connectivity index (χ2v) is 5.96. The summed E-state index contributed by atoms with van der Waals surface area (Å²) in [4.78, 5) is 12.0. The van der Waals surface area contributed by atoms with E-state index in [1.807, 2.05) is 18.2 Å². The molecule has 1 amide bonds. The van der Waals surface area contributed by atoms with E-state index >= 15 is 0 Å². The number of furan rings is 1. The Labute approximate surface area is 144 Å². The van der Waals surface area contributed by atoms with Crippen molar-refractivity contribution in [1.29, 1.82) is 0 Å². The first-order chi connectivity index (χ1) is 11.0. The van der Waals surface area contributed by atoms with Crippen LogP contribution in [0.25, 0.3) is 11.0 Å². The number of carbonyl (C=O) groups excluding carboxylic acids is 1. The third kappa shape index (κ3) is 3.38. The highest BCUT2D eigenvalue weighted by Crippen LogP contribution is 2.30. The second-order valence-electron chi connectivity index (χ2n) is 4.67. The zero-order valence-corrected chi connectivity index (χ0v) is 13.9. The number of carbonyl (C=O) groups is 1. The van der Waals surface area contributed by atoms with Gasteiger partial charge in [-0.15, -0.1) is 0 Å². The van der Waals surface area contributed by atoms with Crippen molar-refractivity contribution in [3.63, 3.8) is 0 Å². The minimum atomic E-state index is -0.488. The van der Waals surface area contributed by atoms with Crippen LogP contribution in [0.1, 0.15) is 16.1 Å². The van der Waals surface area contributed by atoms with Crippen LogP contribution in [0.2, 0.25) is 5.02 Å². The van der Waals surface area contributed by atoms with Crippen LogP contribution in [-0.4, -0.2) is 17.2 Å². The molecule has 116 valence electrons. The van der Waals surface area contributed by atoms with Gasteiger partial charge in [-0.3, -0.25) is 4.79 Å². The minimum Gasteiger partial charge on any atom is -0.506 e. The van der Waals surface area contributed by atoms with Crippen molar-refractivity contribution in [2.45, 2.75) is 0 Å². The van der Waals surface area contributed by atoms with E-state index in [2.05, 4.69) is 26.5 Å². The molecule has 3 rings (SSSR count). The first kappa shape index (κ1) is 15.6. The van der Waals surface area contributed by atoms with Crippen LogP contribution in [0.15, 0.2) is 56.5 Å². The smallest absolute Gasteiger partial charge is 0.307 e. The number of phenolic OH excluding ortho intramolecular Hbond substituents is 1. The van der Waals surface area contributed by atoms with Crippen LogP contribution in [0, 0.1) is 0 Å². The fourth-order valence-electron chi connectivity index (χ4n) is 1.99. The first-order valence-corrected chi connectivity index (χ1v) is 7.71. The summed E-state index contributed by atoms with van der Waals surface area (Å²) >= 11 is 9.08. The van der Waals surface area contributed by atoms with Crippen molar-refractivity contribution >= 4 is 50.6 Å². The predicted octanol–water partition coefficient (Wildman–Crippen LogP) is 4.32. The third-order valence-corrected chi connectivity index (χ3v) is 3.90. The van der Waals surface area contributed by atoms with Crippen LogP contribution in [0.5, 0.6) is 5.75 Å². The zero-order valence-electron chi connectivity index (χ0n) is 11.6. The van der Waals surface area contributed by atoms with Crippen LogP contribution in [0.4, 0.5) is 0 Å². The maximum atomic E-state index is 12.0. The maximum Gasteiger partial charge on any atom is 0.307 e. The van der Waals surface area contributed by atoms with E-state index in [1.54, 1.807) is 18.2 Å². The molecule has 2 N–H and O–H groups in total. The first-order valence-electron chi connectivity index (χ1n) is 6.54. The lowest BCUT2D eigenvalue weighted by molar-refractivity contribution is 0.0929. The number of rotatable bonds is 3. The topological polar surface area (TPSA) is 74.8 Å². The van der Waals surface area contributed by atoms with Gasteiger partial charge in [-0.2, -0.15) is 5.10 Å². The molecule has 0 atom stereocenters. The zero-order chi connectivity index (χ0) is 16.4. The molecule has 0 aliphatic heterocycles. The number of para-hydroxylation sites is 1. The Kier molecular flexibility index (Phi) is 4.36. The average Bonchev–Trinajstić information content (AvgIpc) is 2.96. The summed E-state index contributed by atoms with van der Waals surface area (Å²) in [5.41, 5.74) is 3.33. The number of benzene rings is 2. The summed E-state index contributed by atoms with van der Waals surface area (Å²) < 4.78 is 5.87. The number of hydrogen-bond donors (Lipinski definition) is 2. The molecule has 0 saturated carbocycles. The highest BCUT2D eigenvalue weighted by atomic mass is 79.9. The lowest BCUT2D eigenvalue weighted by atomic mass is 10.2. The number of nitrogens with one attached hydrogen (secondary N) is 1. The molecule has 23 heavy (non-hydrogen) atoms. The monoisotopic (exact) mass is 392 g/mol. The molecular formula is C16H10BrClN2O3. The van der Waals surface area contributed by atoms with Gasteiger partial charge in [-0.1, -0.05) is 29.8 Å². The van der Waals surface area contributed by atoms with Crippen molar-refractivity contribution in [3.05, 3.63) is 63.3 Å². The molecule has 1 heterocycles. The number of aromatic hydroxyl groups is 1. The van der Waals surface area contributed by atoms with E-state index in [0.717, 1.165) is 5.39 Å². The molecule has 0 spiro atoms. The fraction of sp³-hybridized carbons (Fsp3) is 0. The normalized spacial score (nSPS) is 11.2. The van der Waals surface area contributed by atoms with Crippen molar-refractivity contribution in [2.75, 3.05) is 0 Å². The van der Waals surface area contributed by atoms with Crippen molar-refractivity contribution in [2.24, 2.45) is 5.10 Å². The summed E-state index contributed by atoms with van der Waals surface area (Å²) in [7, 11) is 0. The van der Waals surface area contributed by atoms with E-state index in [1.165, 1.54) is 12.3 Å². The molecule has 0 fully saturated rings. The molecule has 7 heteroatoms. The van der Waals surface area contributed by atoms with Crippen LogP contribution < -0.4 is 5.43 Å². The van der Waals surface area contributed by atoms with Gasteiger partial charge in [0.05, 0.1) is 10.7 Å². The molecule has 0 aliphatic rings. The lowest BCUT2D eigenvalue weighted by Crippen LogP contribution is -2.16. The predicted molar refractivity (Wildman–Crippen MR) is 92.1 cm³/mol. The maximum absolute atomic E-state index is 12.0. The highest BCUT2D eigenvalue weighted by Gasteiger charge is 2.11. The van der Waals surface area contributed by atoms with E-state index in [4.69, 9.17) is 16.0 Å². The number of hydrogen-bond acceptors (Lipinski definition) is 4. The van der Waals surface area contributed by atoms with Gasteiger partial charge >= 0.3 is 5.91 Å². The Morgan fingerprint density at radius 3 is 2.87 bits per heavy atom. The molecule has 0 aliphatic carbocycles. The quantitative estimate of drug-likeness (QED) is 0.514. The Morgan fingerprint density at radius 1 is 1.30 bits per heavy atom. The summed E-state index contributed by atoms with van der Waals surface area (Å²) in [5.74, 6) is -0.353. The number of phenols is 1. The van der Waals surface area contributed by atoms with E-state index in [0.29, 0.717) is 20.6 Å². The number of fused-ring (bicyclic) bond motifs is 1. The average molecular weight is 394 g/mol. The molecule has 0 radical (unpaired) electrons. The molecular weight excluding hydrogens is 384 g/mol. The molecule has 2 aromatic carbocycles. The number of amides is 1. The summed E-state index contributed by atoms with van der Waals surface area (Å²) in [6.45, 7) is 0. The Balaban J connectivity index is 1.76. The van der Waals surface area contributed by atoms with Crippen molar-refractivity contribution in [3.8, 4) is 5.75 Å². The molecule has 0 unspecified atom stereocenters. The van der Waals surface area contributed by atoms with E-state index < -0.39 is 5.91 Å². The van der Waals surface area contributed by atoms with Crippen LogP contribution in [0.3, 0.4) is 0 Å². The van der Waals surface area contributed by atoms with Crippen LogP contribution in [-0.2, 0) is 0 Å². The lowest BCUT2D eigenvalue weighted by Gasteiger charge is -2.02. The minimum absolute atomic E-state index is 0.0175. The summed E-state index contributed by atoms with van der Waals surface area (Å²) in [5, 5.41) is 14.9. The van der Waals surface area contributed by atoms with E-state index in [-0.39, 0.29) is 11.5 Å². The van der Waals surface area contributed by atoms with Gasteiger partial charge in [0.25, 0.3) is 0 Å². The van der Waals surface area contributed by atoms with Crippen molar-refractivity contribution in [1.82, 2.24) is 5.43 Å². The van der Waals surface area contributed by atoms with Gasteiger partial charge in [0.1, 0.15) is 11.3 Å². The molecule has 0 saturated heterocycles. The van der Waals surface area contributed by atoms with Gasteiger partial charge in [0, 0.05) is 16.0 Å². The number of hydrazone groups is 1. The third-order valence-electron chi connectivity index (χ3n) is 3.08. The SMILES string of the molecule is O=C(N/N=C/c1cc(Cl)cc(Br)c1O)c1cc2ccccc2o1. The number of nitrogens with zero attached hydrogens (tertiary/aromatic N) is 1. The van der Waals surface area contributed by atoms with E-state index in [9.17, 15) is 9.90 Å². The molecule has 0 bridgehead atoms. The molecule has 5 nitrogen and oxygen atoms in total. The summed E-state index contributed by atoms with van der Waals surface area (Å²) in [6, 6.07) is 12.0. The van der Waals surface area contributed by atoms with Gasteiger partial charge in [-0.25, -0.2) is 5.43 Å². The largest absolute Gasteiger partial charge is 0.506 e. The fourth-order valence-corrected chi connectivity index (χ4v) is 2.83. The standard InChI is InChI=1S/C16H10BrClN2O3/c17-12-7-11(18)5-10(15(12)21)8-19-20-16(22)14-6-9-3-1-2-4-13(9)23-14/h1-8,21H,(H,20,22)/b19-8+. The number of halogens is 2. The van der Waals surface area contributed by atoms with Gasteiger partial charge in [0.2, 0.25) is 0 Å². The Bertz CT molecular complexity index is 888.